The van der Waals surface area contributed by atoms with Crippen molar-refractivity contribution >= 4 is 29.0 Å². The maximum atomic E-state index is 14.4. The molecule has 3 aliphatic carbocycles. The van der Waals surface area contributed by atoms with Crippen LogP contribution in [0.15, 0.2) is 54.6 Å². The molecule has 3 aromatic carbocycles. The van der Waals surface area contributed by atoms with Crippen LogP contribution in [0.5, 0.6) is 17.2 Å². The van der Waals surface area contributed by atoms with E-state index in [-0.39, 0.29) is 24.0 Å². The summed E-state index contributed by atoms with van der Waals surface area (Å²) < 4.78 is 10.4. The molecule has 2 unspecified atom stereocenters. The normalized spacial score (nSPS) is 25.3. The molecule has 50 heavy (non-hydrogen) atoms. The zero-order chi connectivity index (χ0) is 36.1. The van der Waals surface area contributed by atoms with Crippen LogP contribution in [0.4, 0.5) is 0 Å². The van der Waals surface area contributed by atoms with Gasteiger partial charge in [-0.3, -0.25) is 28.9 Å². The summed E-state index contributed by atoms with van der Waals surface area (Å²) in [5.41, 5.74) is 4.51. The van der Waals surface area contributed by atoms with E-state index >= 15 is 0 Å². The molecule has 6 atom stereocenters. The number of methoxy groups -OCH3 is 2. The molecule has 11 nitrogen and oxygen atoms in total. The first-order valence-electron chi connectivity index (χ1n) is 15.9. The van der Waals surface area contributed by atoms with E-state index in [1.165, 1.54) is 26.1 Å². The van der Waals surface area contributed by atoms with E-state index in [1.807, 2.05) is 0 Å². The minimum atomic E-state index is -2.82. The molecule has 0 aliphatic heterocycles. The Kier molecular flexibility index (Phi) is 8.83. The van der Waals surface area contributed by atoms with E-state index in [9.17, 15) is 34.2 Å². The number of ketones is 4. The third-order valence-corrected chi connectivity index (χ3v) is 9.92. The quantitative estimate of drug-likeness (QED) is 0.273. The number of Topliss-reactive ketones (excluding diaryl/α,β-unsaturated/α-hetero) is 4. The SMILES string of the molecule is COc1ccc(C#Cc2cc(C#Cc3ccc(OC)cc3)c3c(c2O)C(=O)C2C(=O)[C@@]4(O)C(=O)C(C(N)=O)C(=O)[C@H](N(C)C)[C@H]4C[C@H]2C3)cc1. The number of ether oxygens (including phenoxy) is 2. The van der Waals surface area contributed by atoms with Crippen molar-refractivity contribution in [1.82, 2.24) is 4.90 Å². The van der Waals surface area contributed by atoms with Gasteiger partial charge in [0, 0.05) is 22.6 Å². The summed E-state index contributed by atoms with van der Waals surface area (Å²) in [4.78, 5) is 69.4. The topological polar surface area (TPSA) is 174 Å². The summed E-state index contributed by atoms with van der Waals surface area (Å²) >= 11 is 0. The second-order valence-electron chi connectivity index (χ2n) is 12.9. The Hall–Kier alpha value is -5.75. The van der Waals surface area contributed by atoms with Gasteiger partial charge in [0.25, 0.3) is 0 Å². The molecule has 4 N–H and O–H groups in total. The molecule has 3 aromatic rings. The van der Waals surface area contributed by atoms with Gasteiger partial charge in [0.1, 0.15) is 17.2 Å². The number of carbonyl (C=O) groups is 5. The predicted octanol–water partition coefficient (Wildman–Crippen LogP) is 1.68. The lowest BCUT2D eigenvalue weighted by Gasteiger charge is -2.52. The van der Waals surface area contributed by atoms with Crippen LogP contribution in [0.3, 0.4) is 0 Å². The molecule has 0 heterocycles. The predicted molar refractivity (Wildman–Crippen MR) is 179 cm³/mol. The number of likely N-dealkylation sites (N-methyl/N-ethyl adjacent to an activating group) is 1. The Balaban J connectivity index is 1.50. The molecule has 0 saturated heterocycles. The minimum absolute atomic E-state index is 0.0677. The van der Waals surface area contributed by atoms with Gasteiger partial charge >= 0.3 is 0 Å². The number of phenols is 1. The van der Waals surface area contributed by atoms with Gasteiger partial charge in [-0.25, -0.2) is 0 Å². The fourth-order valence-corrected chi connectivity index (χ4v) is 7.51. The summed E-state index contributed by atoms with van der Waals surface area (Å²) in [5.74, 6) is 1.95. The zero-order valence-corrected chi connectivity index (χ0v) is 27.8. The number of benzene rings is 3. The van der Waals surface area contributed by atoms with Crippen molar-refractivity contribution in [3.8, 4) is 40.9 Å². The van der Waals surface area contributed by atoms with Gasteiger partial charge in [0.05, 0.1) is 37.3 Å². The van der Waals surface area contributed by atoms with Crippen LogP contribution in [0.25, 0.3) is 0 Å². The lowest BCUT2D eigenvalue weighted by Crippen LogP contribution is -2.74. The molecular formula is C39H34N2O9. The van der Waals surface area contributed by atoms with Crippen LogP contribution < -0.4 is 15.2 Å². The fraction of sp³-hybridized carbons (Fsp3) is 0.308. The van der Waals surface area contributed by atoms with Gasteiger partial charge in [-0.2, -0.15) is 0 Å². The van der Waals surface area contributed by atoms with E-state index < -0.39 is 70.1 Å². The maximum Gasteiger partial charge on any atom is 0.235 e. The number of nitrogens with zero attached hydrogens (tertiary/aromatic N) is 1. The molecule has 11 heteroatoms. The lowest BCUT2D eigenvalue weighted by molar-refractivity contribution is -0.181. The number of hydrogen-bond donors (Lipinski definition) is 3. The number of rotatable bonds is 4. The Morgan fingerprint density at radius 1 is 0.860 bits per heavy atom. The highest BCUT2D eigenvalue weighted by molar-refractivity contribution is 6.32. The first kappa shape index (κ1) is 34.1. The van der Waals surface area contributed by atoms with Crippen LogP contribution in [-0.4, -0.2) is 84.1 Å². The molecule has 0 aromatic heterocycles. The van der Waals surface area contributed by atoms with Crippen molar-refractivity contribution in [3.63, 3.8) is 0 Å². The second-order valence-corrected chi connectivity index (χ2v) is 12.9. The third-order valence-electron chi connectivity index (χ3n) is 9.92. The average Bonchev–Trinajstić information content (AvgIpc) is 3.09. The summed E-state index contributed by atoms with van der Waals surface area (Å²) in [6.45, 7) is 0. The maximum absolute atomic E-state index is 14.4. The Morgan fingerprint density at radius 2 is 1.40 bits per heavy atom. The Labute approximate surface area is 288 Å². The van der Waals surface area contributed by atoms with Crippen LogP contribution in [0, 0.1) is 47.4 Å². The van der Waals surface area contributed by atoms with Gasteiger partial charge in [0.2, 0.25) is 5.91 Å². The Morgan fingerprint density at radius 3 is 1.90 bits per heavy atom. The van der Waals surface area contributed by atoms with Crippen molar-refractivity contribution in [3.05, 3.63) is 88.0 Å². The van der Waals surface area contributed by atoms with Crippen LogP contribution in [0.1, 0.15) is 44.6 Å². The molecule has 6 rings (SSSR count). The summed E-state index contributed by atoms with van der Waals surface area (Å²) in [6.07, 6.45) is -0.00670. The summed E-state index contributed by atoms with van der Waals surface area (Å²) in [6, 6.07) is 14.3. The van der Waals surface area contributed by atoms with E-state index in [0.717, 1.165) is 0 Å². The molecule has 2 fully saturated rings. The minimum Gasteiger partial charge on any atom is -0.506 e. The molecule has 0 spiro atoms. The highest BCUT2D eigenvalue weighted by atomic mass is 16.5. The van der Waals surface area contributed by atoms with Gasteiger partial charge < -0.3 is 25.4 Å². The van der Waals surface area contributed by atoms with Gasteiger partial charge in [-0.15, -0.1) is 0 Å². The van der Waals surface area contributed by atoms with Gasteiger partial charge in [0.15, 0.2) is 34.7 Å². The molecule has 254 valence electrons. The van der Waals surface area contributed by atoms with E-state index in [0.29, 0.717) is 33.8 Å². The number of aromatic hydroxyl groups is 1. The number of aliphatic hydroxyl groups is 1. The monoisotopic (exact) mass is 674 g/mol. The van der Waals surface area contributed by atoms with E-state index in [2.05, 4.69) is 23.7 Å². The van der Waals surface area contributed by atoms with E-state index in [4.69, 9.17) is 15.2 Å². The lowest BCUT2D eigenvalue weighted by atomic mass is 9.52. The number of fused-ring (bicyclic) bond motifs is 3. The third kappa shape index (κ3) is 5.51. The average molecular weight is 675 g/mol. The number of nitrogens with two attached hydrogens (primary N) is 1. The van der Waals surface area contributed by atoms with Gasteiger partial charge in [-0.05, 0) is 93.0 Å². The first-order chi connectivity index (χ1) is 23.8. The molecule has 3 aliphatic rings. The molecule has 0 bridgehead atoms. The highest BCUT2D eigenvalue weighted by Crippen LogP contribution is 2.51. The zero-order valence-electron chi connectivity index (χ0n) is 27.8. The highest BCUT2D eigenvalue weighted by Gasteiger charge is 2.69. The van der Waals surface area contributed by atoms with Gasteiger partial charge in [-0.1, -0.05) is 23.7 Å². The number of phenolic OH excluding ortho intramolecular Hbond substituents is 1. The summed E-state index contributed by atoms with van der Waals surface area (Å²) in [7, 11) is 6.16. The van der Waals surface area contributed by atoms with Crippen LogP contribution in [0.2, 0.25) is 0 Å². The van der Waals surface area contributed by atoms with Crippen molar-refractivity contribution < 1.29 is 43.7 Å². The summed E-state index contributed by atoms with van der Waals surface area (Å²) in [5, 5.41) is 23.5. The van der Waals surface area contributed by atoms with Crippen LogP contribution >= 0.6 is 0 Å². The van der Waals surface area contributed by atoms with Crippen molar-refractivity contribution in [2.45, 2.75) is 24.5 Å². The first-order valence-corrected chi connectivity index (χ1v) is 15.9. The number of amides is 1. The number of carbonyl (C=O) groups excluding carboxylic acids is 5. The molecular weight excluding hydrogens is 640 g/mol. The van der Waals surface area contributed by atoms with E-state index in [1.54, 1.807) is 61.7 Å². The smallest absolute Gasteiger partial charge is 0.235 e. The second kappa shape index (κ2) is 12.9. The van der Waals surface area contributed by atoms with Crippen LogP contribution in [-0.2, 0) is 25.6 Å². The fourth-order valence-electron chi connectivity index (χ4n) is 7.51. The van der Waals surface area contributed by atoms with Crippen molar-refractivity contribution in [2.75, 3.05) is 28.3 Å². The molecule has 0 radical (unpaired) electrons. The number of hydrogen-bond acceptors (Lipinski definition) is 10. The van der Waals surface area contributed by atoms with Crippen molar-refractivity contribution in [2.24, 2.45) is 29.4 Å². The standard InChI is InChI=1S/C39H34N2O9/c1-41(2)32-28-19-24-18-27-22(11-5-20-7-13-25(49-3)14-8-20)17-23(12-6-21-9-15-26(50-4)16-10-21)33(42)30(27)34(43)29(24)36(45)39(28,48)37(46)31(35(32)44)38(40)47/h7-10,13-17,24,28-29,31-32,42,48H,18-19H2,1-4H3,(H2,40,47)/t24-,28-,29?,31?,32-,39-/m1/s1. The number of primary amides is 1. The largest absolute Gasteiger partial charge is 0.506 e. The Bertz CT molecular complexity index is 2080. The molecule has 1 amide bonds. The van der Waals surface area contributed by atoms with Crippen molar-refractivity contribution in [1.29, 1.82) is 0 Å². The molecule has 2 saturated carbocycles.